The van der Waals surface area contributed by atoms with E-state index in [0.29, 0.717) is 11.6 Å². The fourth-order valence-corrected chi connectivity index (χ4v) is 3.40. The Kier molecular flexibility index (Phi) is 5.60. The highest BCUT2D eigenvalue weighted by Gasteiger charge is 2.11. The third kappa shape index (κ3) is 4.32. The van der Waals surface area contributed by atoms with Crippen LogP contribution >= 0.6 is 23.4 Å². The zero-order chi connectivity index (χ0) is 17.8. The molecule has 0 N–H and O–H groups in total. The van der Waals surface area contributed by atoms with Gasteiger partial charge in [0, 0.05) is 18.9 Å². The van der Waals surface area contributed by atoms with Crippen molar-refractivity contribution >= 4 is 23.4 Å². The Balaban J connectivity index is 1.62. The Morgan fingerprint density at radius 1 is 1.20 bits per heavy atom. The van der Waals surface area contributed by atoms with Crippen LogP contribution in [0.15, 0.2) is 47.6 Å². The second-order valence-electron chi connectivity index (χ2n) is 5.54. The summed E-state index contributed by atoms with van der Waals surface area (Å²) in [6.07, 6.45) is 0. The summed E-state index contributed by atoms with van der Waals surface area (Å²) >= 11 is 7.38. The Morgan fingerprint density at radius 2 is 2.00 bits per heavy atom. The minimum atomic E-state index is -0.470. The number of benzene rings is 2. The summed E-state index contributed by atoms with van der Waals surface area (Å²) < 4.78 is 20.7. The largest absolute Gasteiger partial charge is 0.486 e. The molecule has 0 aliphatic rings. The number of nitrogens with zero attached hydrogens (tertiary/aromatic N) is 3. The monoisotopic (exact) mass is 377 g/mol. The normalized spacial score (nSPS) is 10.9. The summed E-state index contributed by atoms with van der Waals surface area (Å²) in [6.45, 7) is 2.33. The molecule has 0 saturated carbocycles. The summed E-state index contributed by atoms with van der Waals surface area (Å²) in [5, 5.41) is 9.23. The molecule has 0 radical (unpaired) electrons. The molecule has 4 nitrogen and oxygen atoms in total. The number of aryl methyl sites for hydroxylation is 1. The molecular weight excluding hydrogens is 361 g/mol. The molecule has 1 heterocycles. The van der Waals surface area contributed by atoms with Gasteiger partial charge in [0.1, 0.15) is 18.2 Å². The van der Waals surface area contributed by atoms with Crippen LogP contribution in [0, 0.1) is 12.7 Å². The van der Waals surface area contributed by atoms with Crippen molar-refractivity contribution in [1.82, 2.24) is 14.8 Å². The lowest BCUT2D eigenvalue weighted by molar-refractivity contribution is 0.290. The third-order valence-corrected chi connectivity index (χ3v) is 5.16. The van der Waals surface area contributed by atoms with Gasteiger partial charge >= 0.3 is 0 Å². The van der Waals surface area contributed by atoms with Crippen LogP contribution in [-0.4, -0.2) is 14.8 Å². The van der Waals surface area contributed by atoms with Crippen molar-refractivity contribution in [3.05, 3.63) is 70.3 Å². The van der Waals surface area contributed by atoms with Gasteiger partial charge in [-0.25, -0.2) is 4.39 Å². The lowest BCUT2D eigenvalue weighted by Gasteiger charge is -2.08. The molecular formula is C18H17ClFN3OS. The number of ether oxygens (including phenoxy) is 1. The molecule has 130 valence electrons. The molecule has 0 fully saturated rings. The Labute approximate surface area is 155 Å². The minimum Gasteiger partial charge on any atom is -0.486 e. The number of hydrogen-bond acceptors (Lipinski definition) is 4. The SMILES string of the molecule is Cc1ccccc1CSc1nnc(COc2ccc(F)c(Cl)c2)n1C. The van der Waals surface area contributed by atoms with Gasteiger partial charge in [0.15, 0.2) is 11.0 Å². The van der Waals surface area contributed by atoms with Gasteiger partial charge in [0.2, 0.25) is 0 Å². The first-order valence-corrected chi connectivity index (χ1v) is 9.04. The predicted octanol–water partition coefficient (Wildman–Crippen LogP) is 4.79. The number of halogens is 2. The lowest BCUT2D eigenvalue weighted by Crippen LogP contribution is -2.04. The highest BCUT2D eigenvalue weighted by atomic mass is 35.5. The van der Waals surface area contributed by atoms with Crippen molar-refractivity contribution in [2.75, 3.05) is 0 Å². The first-order valence-electron chi connectivity index (χ1n) is 7.68. The molecule has 3 rings (SSSR count). The summed E-state index contributed by atoms with van der Waals surface area (Å²) in [7, 11) is 1.90. The van der Waals surface area contributed by atoms with Gasteiger partial charge in [-0.1, -0.05) is 47.6 Å². The number of rotatable bonds is 6. The van der Waals surface area contributed by atoms with Crippen LogP contribution in [0.1, 0.15) is 17.0 Å². The topological polar surface area (TPSA) is 39.9 Å². The van der Waals surface area contributed by atoms with Crippen LogP contribution in [0.3, 0.4) is 0 Å². The minimum absolute atomic E-state index is 0.0324. The van der Waals surface area contributed by atoms with E-state index in [-0.39, 0.29) is 11.6 Å². The molecule has 0 aliphatic carbocycles. The standard InChI is InChI=1S/C18H17ClFN3OS/c1-12-5-3-4-6-13(12)11-25-18-22-21-17(23(18)2)10-24-14-7-8-16(20)15(19)9-14/h3-9H,10-11H2,1-2H3. The van der Waals surface area contributed by atoms with Crippen LogP contribution < -0.4 is 4.74 Å². The van der Waals surface area contributed by atoms with Crippen LogP contribution in [0.4, 0.5) is 4.39 Å². The van der Waals surface area contributed by atoms with Crippen LogP contribution in [0.5, 0.6) is 5.75 Å². The van der Waals surface area contributed by atoms with E-state index >= 15 is 0 Å². The van der Waals surface area contributed by atoms with Crippen LogP contribution in [-0.2, 0) is 19.4 Å². The fourth-order valence-electron chi connectivity index (χ4n) is 2.23. The fraction of sp³-hybridized carbons (Fsp3) is 0.222. The smallest absolute Gasteiger partial charge is 0.191 e. The first-order chi connectivity index (χ1) is 12.0. The molecule has 0 atom stereocenters. The number of thioether (sulfide) groups is 1. The Bertz CT molecular complexity index is 885. The molecule has 25 heavy (non-hydrogen) atoms. The quantitative estimate of drug-likeness (QED) is 0.579. The van der Waals surface area contributed by atoms with Crippen molar-refractivity contribution in [3.8, 4) is 5.75 Å². The Morgan fingerprint density at radius 3 is 2.76 bits per heavy atom. The number of hydrogen-bond donors (Lipinski definition) is 0. The second kappa shape index (κ2) is 7.89. The van der Waals surface area contributed by atoms with Gasteiger partial charge in [-0.05, 0) is 30.2 Å². The number of aromatic nitrogens is 3. The zero-order valence-corrected chi connectivity index (χ0v) is 15.4. The Hall–Kier alpha value is -2.05. The molecule has 2 aromatic carbocycles. The van der Waals surface area contributed by atoms with Gasteiger partial charge in [-0.2, -0.15) is 0 Å². The summed E-state index contributed by atoms with van der Waals surface area (Å²) in [6, 6.07) is 12.5. The van der Waals surface area contributed by atoms with E-state index < -0.39 is 5.82 Å². The van der Waals surface area contributed by atoms with Crippen molar-refractivity contribution in [2.45, 2.75) is 24.4 Å². The maximum atomic E-state index is 13.2. The lowest BCUT2D eigenvalue weighted by atomic mass is 10.1. The molecule has 0 aliphatic heterocycles. The summed E-state index contributed by atoms with van der Waals surface area (Å²) in [5.74, 6) is 1.53. The molecule has 3 aromatic rings. The van der Waals surface area contributed by atoms with Crippen molar-refractivity contribution in [2.24, 2.45) is 7.05 Å². The van der Waals surface area contributed by atoms with Gasteiger partial charge in [-0.15, -0.1) is 10.2 Å². The zero-order valence-electron chi connectivity index (χ0n) is 13.9. The second-order valence-corrected chi connectivity index (χ2v) is 6.89. The molecule has 0 amide bonds. The van der Waals surface area contributed by atoms with Gasteiger partial charge < -0.3 is 9.30 Å². The van der Waals surface area contributed by atoms with Gasteiger partial charge in [0.25, 0.3) is 0 Å². The summed E-state index contributed by atoms with van der Waals surface area (Å²) in [4.78, 5) is 0. The third-order valence-electron chi connectivity index (χ3n) is 3.80. The van der Waals surface area contributed by atoms with E-state index in [1.165, 1.54) is 29.3 Å². The van der Waals surface area contributed by atoms with E-state index in [2.05, 4.69) is 29.3 Å². The average molecular weight is 378 g/mol. The van der Waals surface area contributed by atoms with Crippen molar-refractivity contribution in [1.29, 1.82) is 0 Å². The van der Waals surface area contributed by atoms with Gasteiger partial charge in [-0.3, -0.25) is 0 Å². The van der Waals surface area contributed by atoms with E-state index in [0.717, 1.165) is 10.9 Å². The highest BCUT2D eigenvalue weighted by Crippen LogP contribution is 2.24. The molecule has 7 heteroatoms. The molecule has 1 aromatic heterocycles. The summed E-state index contributed by atoms with van der Waals surface area (Å²) in [5.41, 5.74) is 2.53. The maximum Gasteiger partial charge on any atom is 0.191 e. The van der Waals surface area contributed by atoms with Crippen molar-refractivity contribution in [3.63, 3.8) is 0 Å². The molecule has 0 bridgehead atoms. The first kappa shape index (κ1) is 17.8. The molecule has 0 spiro atoms. The molecule has 0 unspecified atom stereocenters. The van der Waals surface area contributed by atoms with E-state index in [1.54, 1.807) is 11.8 Å². The van der Waals surface area contributed by atoms with Crippen LogP contribution in [0.25, 0.3) is 0 Å². The van der Waals surface area contributed by atoms with Gasteiger partial charge in [0.05, 0.1) is 5.02 Å². The highest BCUT2D eigenvalue weighted by molar-refractivity contribution is 7.98. The van der Waals surface area contributed by atoms with Crippen LogP contribution in [0.2, 0.25) is 5.02 Å². The van der Waals surface area contributed by atoms with E-state index in [9.17, 15) is 4.39 Å². The molecule has 0 saturated heterocycles. The van der Waals surface area contributed by atoms with E-state index in [1.807, 2.05) is 23.7 Å². The van der Waals surface area contributed by atoms with Crippen molar-refractivity contribution < 1.29 is 9.13 Å². The predicted molar refractivity (Wildman–Crippen MR) is 97.5 cm³/mol. The maximum absolute atomic E-state index is 13.2. The average Bonchev–Trinajstić information content (AvgIpc) is 2.95. The van der Waals surface area contributed by atoms with E-state index in [4.69, 9.17) is 16.3 Å².